The highest BCUT2D eigenvalue weighted by molar-refractivity contribution is 4.95. The van der Waals surface area contributed by atoms with Crippen LogP contribution < -0.4 is 5.73 Å². The van der Waals surface area contributed by atoms with Crippen LogP contribution >= 0.6 is 0 Å². The molecule has 0 aromatic heterocycles. The van der Waals surface area contributed by atoms with Gasteiger partial charge in [0.2, 0.25) is 0 Å². The molecule has 3 unspecified atom stereocenters. The Kier molecular flexibility index (Phi) is 5.94. The van der Waals surface area contributed by atoms with Crippen molar-refractivity contribution in [1.29, 1.82) is 0 Å². The summed E-state index contributed by atoms with van der Waals surface area (Å²) in [6, 6.07) is 0.698. The monoisotopic (exact) mass is 240 g/mol. The second kappa shape index (κ2) is 6.75. The molecule has 2 nitrogen and oxygen atoms in total. The molecule has 2 heteroatoms. The molecule has 17 heavy (non-hydrogen) atoms. The van der Waals surface area contributed by atoms with Crippen LogP contribution in [0, 0.1) is 5.92 Å². The van der Waals surface area contributed by atoms with E-state index in [1.807, 2.05) is 0 Å². The van der Waals surface area contributed by atoms with Gasteiger partial charge in [-0.3, -0.25) is 4.90 Å². The lowest BCUT2D eigenvalue weighted by Crippen LogP contribution is -2.60. The molecule has 1 aliphatic rings. The van der Waals surface area contributed by atoms with Gasteiger partial charge in [-0.05, 0) is 45.1 Å². The highest BCUT2D eigenvalue weighted by Crippen LogP contribution is 2.34. The normalized spacial score (nSPS) is 30.2. The first-order chi connectivity index (χ1) is 8.11. The minimum atomic E-state index is 0.268. The number of unbranched alkanes of at least 4 members (excludes halogenated alkanes) is 1. The average Bonchev–Trinajstić information content (AvgIpc) is 2.36. The first-order valence-corrected chi connectivity index (χ1v) is 7.58. The van der Waals surface area contributed by atoms with Crippen molar-refractivity contribution < 1.29 is 0 Å². The lowest BCUT2D eigenvalue weighted by atomic mass is 9.81. The Morgan fingerprint density at radius 2 is 2.00 bits per heavy atom. The van der Waals surface area contributed by atoms with Gasteiger partial charge in [-0.15, -0.1) is 0 Å². The van der Waals surface area contributed by atoms with Crippen LogP contribution in [-0.4, -0.2) is 29.6 Å². The van der Waals surface area contributed by atoms with Crippen molar-refractivity contribution in [2.24, 2.45) is 11.7 Å². The van der Waals surface area contributed by atoms with Crippen LogP contribution in [-0.2, 0) is 0 Å². The number of piperidine rings is 1. The summed E-state index contributed by atoms with van der Waals surface area (Å²) in [5.74, 6) is 0.822. The van der Waals surface area contributed by atoms with Crippen molar-refractivity contribution in [1.82, 2.24) is 4.90 Å². The van der Waals surface area contributed by atoms with Crippen LogP contribution in [0.2, 0.25) is 0 Å². The molecule has 1 aliphatic heterocycles. The molecule has 0 aromatic carbocycles. The number of hydrogen-bond donors (Lipinski definition) is 1. The van der Waals surface area contributed by atoms with E-state index in [4.69, 9.17) is 5.73 Å². The van der Waals surface area contributed by atoms with E-state index in [0.29, 0.717) is 6.04 Å². The van der Waals surface area contributed by atoms with E-state index in [1.54, 1.807) is 0 Å². The fraction of sp³-hybridized carbons (Fsp3) is 1.00. The topological polar surface area (TPSA) is 29.3 Å². The molecular weight excluding hydrogens is 208 g/mol. The van der Waals surface area contributed by atoms with Crippen molar-refractivity contribution >= 4 is 0 Å². The van der Waals surface area contributed by atoms with Gasteiger partial charge >= 0.3 is 0 Å². The van der Waals surface area contributed by atoms with E-state index < -0.39 is 0 Å². The molecule has 3 atom stereocenters. The second-order valence-electron chi connectivity index (χ2n) is 5.94. The molecule has 0 amide bonds. The highest BCUT2D eigenvalue weighted by atomic mass is 15.2. The largest absolute Gasteiger partial charge is 0.329 e. The molecule has 0 bridgehead atoms. The minimum Gasteiger partial charge on any atom is -0.329 e. The smallest absolute Gasteiger partial charge is 0.0332 e. The quantitative estimate of drug-likeness (QED) is 0.771. The van der Waals surface area contributed by atoms with Crippen LogP contribution in [0.5, 0.6) is 0 Å². The van der Waals surface area contributed by atoms with E-state index in [2.05, 4.69) is 32.6 Å². The predicted molar refractivity (Wildman–Crippen MR) is 76.2 cm³/mol. The maximum atomic E-state index is 6.16. The van der Waals surface area contributed by atoms with Gasteiger partial charge in [0, 0.05) is 18.1 Å². The minimum absolute atomic E-state index is 0.268. The first-order valence-electron chi connectivity index (χ1n) is 7.58. The molecule has 0 saturated carbocycles. The van der Waals surface area contributed by atoms with Gasteiger partial charge in [-0.25, -0.2) is 0 Å². The van der Waals surface area contributed by atoms with Crippen molar-refractivity contribution in [3.05, 3.63) is 0 Å². The van der Waals surface area contributed by atoms with Crippen molar-refractivity contribution in [3.63, 3.8) is 0 Å². The van der Waals surface area contributed by atoms with Crippen LogP contribution in [0.1, 0.15) is 66.2 Å². The molecular formula is C15H32N2. The first kappa shape index (κ1) is 15.0. The lowest BCUT2D eigenvalue weighted by molar-refractivity contribution is -0.00473. The summed E-state index contributed by atoms with van der Waals surface area (Å²) in [6.07, 6.45) is 7.78. The highest BCUT2D eigenvalue weighted by Gasteiger charge is 2.39. The molecule has 0 aliphatic carbocycles. The molecule has 1 rings (SSSR count). The van der Waals surface area contributed by atoms with E-state index in [0.717, 1.165) is 12.5 Å². The number of likely N-dealkylation sites (tertiary alicyclic amines) is 1. The van der Waals surface area contributed by atoms with Gasteiger partial charge in [0.25, 0.3) is 0 Å². The Morgan fingerprint density at radius 3 is 2.53 bits per heavy atom. The maximum Gasteiger partial charge on any atom is 0.0332 e. The van der Waals surface area contributed by atoms with Gasteiger partial charge in [0.1, 0.15) is 0 Å². The van der Waals surface area contributed by atoms with Gasteiger partial charge in [-0.2, -0.15) is 0 Å². The summed E-state index contributed by atoms with van der Waals surface area (Å²) in [5.41, 5.74) is 6.42. The van der Waals surface area contributed by atoms with Gasteiger partial charge in [0.05, 0.1) is 0 Å². The summed E-state index contributed by atoms with van der Waals surface area (Å²) in [4.78, 5) is 2.73. The summed E-state index contributed by atoms with van der Waals surface area (Å²) in [7, 11) is 0. The standard InChI is InChI=1S/C15H32N2/c1-5-7-10-15(6-2,12-16)17-11-8-9-13(3)14(17)4/h13-14H,5-12,16H2,1-4H3. The van der Waals surface area contributed by atoms with E-state index >= 15 is 0 Å². The van der Waals surface area contributed by atoms with Crippen LogP contribution in [0.15, 0.2) is 0 Å². The summed E-state index contributed by atoms with van der Waals surface area (Å²) >= 11 is 0. The molecule has 1 fully saturated rings. The summed E-state index contributed by atoms with van der Waals surface area (Å²) in [6.45, 7) is 11.5. The molecule has 102 valence electrons. The average molecular weight is 240 g/mol. The van der Waals surface area contributed by atoms with E-state index in [9.17, 15) is 0 Å². The number of rotatable bonds is 6. The van der Waals surface area contributed by atoms with Crippen molar-refractivity contribution in [3.8, 4) is 0 Å². The van der Waals surface area contributed by atoms with E-state index in [-0.39, 0.29) is 5.54 Å². The third-order valence-electron chi connectivity index (χ3n) is 5.02. The van der Waals surface area contributed by atoms with Crippen LogP contribution in [0.3, 0.4) is 0 Å². The molecule has 0 spiro atoms. The molecule has 1 heterocycles. The molecule has 0 radical (unpaired) electrons. The SMILES string of the molecule is CCCCC(CC)(CN)N1CCCC(C)C1C. The van der Waals surface area contributed by atoms with E-state index in [1.165, 1.54) is 45.1 Å². The zero-order chi connectivity index (χ0) is 12.9. The van der Waals surface area contributed by atoms with Crippen molar-refractivity contribution in [2.45, 2.75) is 77.8 Å². The zero-order valence-corrected chi connectivity index (χ0v) is 12.3. The summed E-state index contributed by atoms with van der Waals surface area (Å²) in [5, 5.41) is 0. The Morgan fingerprint density at radius 1 is 1.29 bits per heavy atom. The lowest BCUT2D eigenvalue weighted by Gasteiger charge is -2.51. The molecule has 2 N–H and O–H groups in total. The fourth-order valence-corrected chi connectivity index (χ4v) is 3.40. The number of nitrogens with zero attached hydrogens (tertiary/aromatic N) is 1. The Balaban J connectivity index is 2.80. The predicted octanol–water partition coefficient (Wildman–Crippen LogP) is 3.40. The van der Waals surface area contributed by atoms with Crippen molar-refractivity contribution in [2.75, 3.05) is 13.1 Å². The number of hydrogen-bond acceptors (Lipinski definition) is 2. The van der Waals surface area contributed by atoms with Gasteiger partial charge < -0.3 is 5.73 Å². The second-order valence-corrected chi connectivity index (χ2v) is 5.94. The Labute approximate surface area is 108 Å². The fourth-order valence-electron chi connectivity index (χ4n) is 3.40. The van der Waals surface area contributed by atoms with Gasteiger partial charge in [-0.1, -0.05) is 33.6 Å². The molecule has 1 saturated heterocycles. The van der Waals surface area contributed by atoms with Crippen LogP contribution in [0.4, 0.5) is 0 Å². The summed E-state index contributed by atoms with van der Waals surface area (Å²) < 4.78 is 0. The maximum absolute atomic E-state index is 6.16. The third-order valence-corrected chi connectivity index (χ3v) is 5.02. The third kappa shape index (κ3) is 3.23. The van der Waals surface area contributed by atoms with Gasteiger partial charge in [0.15, 0.2) is 0 Å². The number of nitrogens with two attached hydrogens (primary N) is 1. The Bertz CT molecular complexity index is 211. The van der Waals surface area contributed by atoms with Crippen LogP contribution in [0.25, 0.3) is 0 Å². The Hall–Kier alpha value is -0.0800. The zero-order valence-electron chi connectivity index (χ0n) is 12.3. The molecule has 0 aromatic rings.